The van der Waals surface area contributed by atoms with Gasteiger partial charge in [0, 0.05) is 17.3 Å². The highest BCUT2D eigenvalue weighted by Crippen LogP contribution is 2.31. The second-order valence-electron chi connectivity index (χ2n) is 2.71. The first-order chi connectivity index (χ1) is 5.27. The standard InChI is InChI=1S/C8H10N2O/c9-5-1-2-6-7(10)4-11-8(6)3-5/h1-3,7H,4,9-10H2. The Morgan fingerprint density at radius 1 is 1.45 bits per heavy atom. The Morgan fingerprint density at radius 2 is 2.27 bits per heavy atom. The second kappa shape index (κ2) is 2.13. The fourth-order valence-electron chi connectivity index (χ4n) is 1.25. The first-order valence-corrected chi connectivity index (χ1v) is 3.55. The van der Waals surface area contributed by atoms with Crippen molar-refractivity contribution in [1.29, 1.82) is 0 Å². The van der Waals surface area contributed by atoms with Crippen LogP contribution in [0.4, 0.5) is 5.69 Å². The Labute approximate surface area is 64.9 Å². The summed E-state index contributed by atoms with van der Waals surface area (Å²) in [5, 5.41) is 0. The molecule has 3 nitrogen and oxygen atoms in total. The number of nitrogen functional groups attached to an aromatic ring is 1. The van der Waals surface area contributed by atoms with E-state index in [-0.39, 0.29) is 6.04 Å². The third kappa shape index (κ3) is 0.935. The van der Waals surface area contributed by atoms with Crippen molar-refractivity contribution in [2.45, 2.75) is 6.04 Å². The van der Waals surface area contributed by atoms with Gasteiger partial charge in [-0.1, -0.05) is 6.07 Å². The normalized spacial score (nSPS) is 21.0. The summed E-state index contributed by atoms with van der Waals surface area (Å²) in [6.07, 6.45) is 0. The maximum atomic E-state index is 5.73. The monoisotopic (exact) mass is 150 g/mol. The number of hydrogen-bond acceptors (Lipinski definition) is 3. The van der Waals surface area contributed by atoms with Gasteiger partial charge in [0.1, 0.15) is 12.4 Å². The van der Waals surface area contributed by atoms with Gasteiger partial charge in [-0.3, -0.25) is 0 Å². The molecule has 0 spiro atoms. The fraction of sp³-hybridized carbons (Fsp3) is 0.250. The fourth-order valence-corrected chi connectivity index (χ4v) is 1.25. The van der Waals surface area contributed by atoms with Crippen LogP contribution in [0.5, 0.6) is 5.75 Å². The molecule has 4 N–H and O–H groups in total. The molecule has 0 radical (unpaired) electrons. The Kier molecular flexibility index (Phi) is 1.26. The highest BCUT2D eigenvalue weighted by molar-refractivity contribution is 5.51. The van der Waals surface area contributed by atoms with Crippen molar-refractivity contribution in [3.05, 3.63) is 23.8 Å². The lowest BCUT2D eigenvalue weighted by Gasteiger charge is -1.99. The molecule has 0 amide bonds. The lowest BCUT2D eigenvalue weighted by molar-refractivity contribution is 0.333. The highest BCUT2D eigenvalue weighted by Gasteiger charge is 2.19. The van der Waals surface area contributed by atoms with E-state index in [2.05, 4.69) is 0 Å². The van der Waals surface area contributed by atoms with E-state index in [1.54, 1.807) is 0 Å². The number of rotatable bonds is 0. The minimum atomic E-state index is 0.0191. The van der Waals surface area contributed by atoms with Crippen molar-refractivity contribution in [2.24, 2.45) is 5.73 Å². The van der Waals surface area contributed by atoms with Crippen LogP contribution in [0.15, 0.2) is 18.2 Å². The van der Waals surface area contributed by atoms with Crippen LogP contribution < -0.4 is 16.2 Å². The van der Waals surface area contributed by atoms with E-state index in [1.165, 1.54) is 0 Å². The van der Waals surface area contributed by atoms with Gasteiger partial charge < -0.3 is 16.2 Å². The van der Waals surface area contributed by atoms with Crippen molar-refractivity contribution in [1.82, 2.24) is 0 Å². The Hall–Kier alpha value is -1.22. The van der Waals surface area contributed by atoms with E-state index >= 15 is 0 Å². The molecule has 0 saturated heterocycles. The molecule has 1 atom stereocenters. The van der Waals surface area contributed by atoms with E-state index in [4.69, 9.17) is 16.2 Å². The molecular weight excluding hydrogens is 140 g/mol. The molecule has 0 fully saturated rings. The summed E-state index contributed by atoms with van der Waals surface area (Å²) in [6.45, 7) is 0.568. The van der Waals surface area contributed by atoms with Crippen LogP contribution in [0.2, 0.25) is 0 Å². The van der Waals surface area contributed by atoms with Gasteiger partial charge in [-0.05, 0) is 6.07 Å². The van der Waals surface area contributed by atoms with E-state index in [9.17, 15) is 0 Å². The van der Waals surface area contributed by atoms with Gasteiger partial charge in [-0.25, -0.2) is 0 Å². The van der Waals surface area contributed by atoms with Gasteiger partial charge in [0.2, 0.25) is 0 Å². The Bertz CT molecular complexity index is 285. The average Bonchev–Trinajstić information content (AvgIpc) is 2.32. The second-order valence-corrected chi connectivity index (χ2v) is 2.71. The molecule has 0 bridgehead atoms. The summed E-state index contributed by atoms with van der Waals surface area (Å²) in [5.41, 5.74) is 13.1. The van der Waals surface area contributed by atoms with Crippen LogP contribution in [-0.4, -0.2) is 6.61 Å². The van der Waals surface area contributed by atoms with E-state index in [1.807, 2.05) is 18.2 Å². The third-order valence-electron chi connectivity index (χ3n) is 1.86. The van der Waals surface area contributed by atoms with Crippen molar-refractivity contribution in [2.75, 3.05) is 12.3 Å². The van der Waals surface area contributed by atoms with Crippen LogP contribution >= 0.6 is 0 Å². The summed E-state index contributed by atoms with van der Waals surface area (Å²) in [4.78, 5) is 0. The minimum Gasteiger partial charge on any atom is -0.491 e. The van der Waals surface area contributed by atoms with Gasteiger partial charge in [-0.2, -0.15) is 0 Å². The minimum absolute atomic E-state index is 0.0191. The van der Waals surface area contributed by atoms with Crippen LogP contribution in [0.1, 0.15) is 11.6 Å². The van der Waals surface area contributed by atoms with Crippen LogP contribution in [0.25, 0.3) is 0 Å². The maximum absolute atomic E-state index is 5.73. The maximum Gasteiger partial charge on any atom is 0.126 e. The zero-order valence-corrected chi connectivity index (χ0v) is 6.08. The quantitative estimate of drug-likeness (QED) is 0.534. The molecule has 1 aromatic carbocycles. The Balaban J connectivity index is 2.50. The molecule has 58 valence electrons. The number of fused-ring (bicyclic) bond motifs is 1. The molecular formula is C8H10N2O. The predicted molar refractivity (Wildman–Crippen MR) is 43.3 cm³/mol. The average molecular weight is 150 g/mol. The summed E-state index contributed by atoms with van der Waals surface area (Å²) in [6, 6.07) is 5.59. The van der Waals surface area contributed by atoms with Gasteiger partial charge in [0.25, 0.3) is 0 Å². The van der Waals surface area contributed by atoms with Crippen molar-refractivity contribution >= 4 is 5.69 Å². The molecule has 1 aliphatic rings. The third-order valence-corrected chi connectivity index (χ3v) is 1.86. The molecule has 1 aromatic rings. The van der Waals surface area contributed by atoms with Gasteiger partial charge in [0.15, 0.2) is 0 Å². The van der Waals surface area contributed by atoms with Gasteiger partial charge in [0.05, 0.1) is 6.04 Å². The van der Waals surface area contributed by atoms with Gasteiger partial charge in [-0.15, -0.1) is 0 Å². The summed E-state index contributed by atoms with van der Waals surface area (Å²) < 4.78 is 5.29. The SMILES string of the molecule is Nc1ccc2c(c1)OCC2N. The number of hydrogen-bond donors (Lipinski definition) is 2. The van der Waals surface area contributed by atoms with Crippen molar-refractivity contribution in [3.63, 3.8) is 0 Å². The van der Waals surface area contributed by atoms with Crippen LogP contribution in [0, 0.1) is 0 Å². The van der Waals surface area contributed by atoms with E-state index in [0.29, 0.717) is 6.61 Å². The molecule has 3 heteroatoms. The number of anilines is 1. The summed E-state index contributed by atoms with van der Waals surface area (Å²) in [7, 11) is 0. The summed E-state index contributed by atoms with van der Waals surface area (Å²) in [5.74, 6) is 0.831. The predicted octanol–water partition coefficient (Wildman–Crippen LogP) is 0.661. The van der Waals surface area contributed by atoms with Crippen molar-refractivity contribution in [3.8, 4) is 5.75 Å². The molecule has 11 heavy (non-hydrogen) atoms. The molecule has 0 saturated carbocycles. The molecule has 2 rings (SSSR count). The number of ether oxygens (including phenoxy) is 1. The molecule has 1 aliphatic heterocycles. The summed E-state index contributed by atoms with van der Waals surface area (Å²) >= 11 is 0. The number of benzene rings is 1. The largest absolute Gasteiger partial charge is 0.491 e. The van der Waals surface area contributed by atoms with Gasteiger partial charge >= 0.3 is 0 Å². The zero-order valence-electron chi connectivity index (χ0n) is 6.08. The molecule has 0 aromatic heterocycles. The lowest BCUT2D eigenvalue weighted by atomic mass is 10.1. The smallest absolute Gasteiger partial charge is 0.126 e. The lowest BCUT2D eigenvalue weighted by Crippen LogP contribution is -2.10. The van der Waals surface area contributed by atoms with Crippen LogP contribution in [0.3, 0.4) is 0 Å². The number of nitrogens with two attached hydrogens (primary N) is 2. The zero-order chi connectivity index (χ0) is 7.84. The molecule has 1 unspecified atom stereocenters. The van der Waals surface area contributed by atoms with Crippen molar-refractivity contribution < 1.29 is 4.74 Å². The molecule has 1 heterocycles. The van der Waals surface area contributed by atoms with E-state index in [0.717, 1.165) is 17.0 Å². The van der Waals surface area contributed by atoms with E-state index < -0.39 is 0 Å². The first kappa shape index (κ1) is 6.49. The molecule has 0 aliphatic carbocycles. The Morgan fingerprint density at radius 3 is 3.09 bits per heavy atom. The topological polar surface area (TPSA) is 61.3 Å². The first-order valence-electron chi connectivity index (χ1n) is 3.55. The van der Waals surface area contributed by atoms with Crippen LogP contribution in [-0.2, 0) is 0 Å². The highest BCUT2D eigenvalue weighted by atomic mass is 16.5.